The molecule has 1 amide bonds. The van der Waals surface area contributed by atoms with Crippen LogP contribution in [0.1, 0.15) is 303 Å². The minimum atomic E-state index is -4.33. The molecule has 0 radical (unpaired) electrons. The lowest BCUT2D eigenvalue weighted by Crippen LogP contribution is -2.45. The summed E-state index contributed by atoms with van der Waals surface area (Å²) < 4.78 is 23.6. The van der Waals surface area contributed by atoms with Crippen molar-refractivity contribution in [1.82, 2.24) is 5.32 Å². The van der Waals surface area contributed by atoms with Crippen molar-refractivity contribution in [3.63, 3.8) is 0 Å². The first kappa shape index (κ1) is 66.2. The third-order valence-corrected chi connectivity index (χ3v) is 14.7. The third kappa shape index (κ3) is 52.9. The first-order valence-corrected chi connectivity index (χ1v) is 31.1. The number of quaternary nitrogens is 1. The quantitative estimate of drug-likeness (QED) is 0.0243. The van der Waals surface area contributed by atoms with E-state index in [4.69, 9.17) is 9.05 Å². The number of carbonyl (C=O) groups excluding carboxylic acids is 1. The van der Waals surface area contributed by atoms with Gasteiger partial charge in [0.05, 0.1) is 39.9 Å². The van der Waals surface area contributed by atoms with Gasteiger partial charge in [-0.05, 0) is 19.3 Å². The molecular formula is C58H118N2O6P+. The molecule has 8 nitrogen and oxygen atoms in total. The van der Waals surface area contributed by atoms with E-state index >= 15 is 0 Å². The van der Waals surface area contributed by atoms with Crippen LogP contribution in [0.4, 0.5) is 0 Å². The predicted molar refractivity (Wildman–Crippen MR) is 291 cm³/mol. The van der Waals surface area contributed by atoms with Gasteiger partial charge in [-0.15, -0.1) is 0 Å². The fraction of sp³-hybridized carbons (Fsp3) is 0.948. The molecule has 3 unspecified atom stereocenters. The summed E-state index contributed by atoms with van der Waals surface area (Å²) in [6.45, 7) is 4.83. The zero-order chi connectivity index (χ0) is 49.2. The number of unbranched alkanes of at least 4 members (excludes halogenated alkanes) is 42. The monoisotopic (exact) mass is 970 g/mol. The van der Waals surface area contributed by atoms with Crippen LogP contribution >= 0.6 is 7.82 Å². The fourth-order valence-corrected chi connectivity index (χ4v) is 9.84. The Bertz CT molecular complexity index is 1100. The minimum absolute atomic E-state index is 0.0646. The van der Waals surface area contributed by atoms with E-state index in [0.29, 0.717) is 17.4 Å². The second-order valence-electron chi connectivity index (χ2n) is 21.7. The number of likely N-dealkylation sites (N-methyl/N-ethyl adjacent to an activating group) is 1. The van der Waals surface area contributed by atoms with Crippen LogP contribution < -0.4 is 5.32 Å². The highest BCUT2D eigenvalue weighted by Gasteiger charge is 2.27. The largest absolute Gasteiger partial charge is 0.472 e. The van der Waals surface area contributed by atoms with Gasteiger partial charge >= 0.3 is 7.82 Å². The van der Waals surface area contributed by atoms with Crippen LogP contribution in [0.15, 0.2) is 12.2 Å². The van der Waals surface area contributed by atoms with Crippen LogP contribution in [0.25, 0.3) is 0 Å². The Morgan fingerprint density at radius 3 is 1.10 bits per heavy atom. The summed E-state index contributed by atoms with van der Waals surface area (Å²) in [7, 11) is 1.59. The summed E-state index contributed by atoms with van der Waals surface area (Å²) in [5.74, 6) is -0.172. The molecule has 0 spiro atoms. The van der Waals surface area contributed by atoms with Crippen LogP contribution in [-0.2, 0) is 18.4 Å². The Balaban J connectivity index is 3.84. The molecule has 0 saturated heterocycles. The molecular weight excluding hydrogens is 852 g/mol. The SMILES string of the molecule is CCCCCCCCCC/C=C/C(O)C(COP(=O)(O)OCC[N+](C)(C)C)NC(=O)CCCCCCCCCCCCCCCCCCCCCCCCCCCCCCCCCCCCC. The molecule has 0 aromatic carbocycles. The lowest BCUT2D eigenvalue weighted by molar-refractivity contribution is -0.870. The molecule has 0 heterocycles. The summed E-state index contributed by atoms with van der Waals surface area (Å²) >= 11 is 0. The molecule has 0 rings (SSSR count). The zero-order valence-electron chi connectivity index (χ0n) is 45.7. The number of hydrogen-bond acceptors (Lipinski definition) is 5. The molecule has 0 bridgehead atoms. The van der Waals surface area contributed by atoms with Crippen LogP contribution in [0.2, 0.25) is 0 Å². The number of allylic oxidation sites excluding steroid dienone is 1. The Labute approximate surface area is 418 Å². The fourth-order valence-electron chi connectivity index (χ4n) is 9.10. The van der Waals surface area contributed by atoms with Gasteiger partial charge in [0.2, 0.25) is 5.91 Å². The van der Waals surface area contributed by atoms with E-state index in [9.17, 15) is 19.4 Å². The number of hydrogen-bond donors (Lipinski definition) is 3. The van der Waals surface area contributed by atoms with E-state index in [2.05, 4.69) is 19.2 Å². The van der Waals surface area contributed by atoms with Gasteiger partial charge in [0.1, 0.15) is 13.2 Å². The van der Waals surface area contributed by atoms with Gasteiger partial charge in [0.15, 0.2) is 0 Å². The van der Waals surface area contributed by atoms with Crippen molar-refractivity contribution in [1.29, 1.82) is 0 Å². The van der Waals surface area contributed by atoms with Gasteiger partial charge in [0, 0.05) is 6.42 Å². The second kappa shape index (κ2) is 50.2. The van der Waals surface area contributed by atoms with Crippen LogP contribution in [0, 0.1) is 0 Å². The van der Waals surface area contributed by atoms with Crippen molar-refractivity contribution in [2.24, 2.45) is 0 Å². The van der Waals surface area contributed by atoms with E-state index in [1.165, 1.54) is 244 Å². The van der Waals surface area contributed by atoms with Crippen molar-refractivity contribution in [2.45, 2.75) is 315 Å². The summed E-state index contributed by atoms with van der Waals surface area (Å²) in [5.41, 5.74) is 0. The molecule has 67 heavy (non-hydrogen) atoms. The zero-order valence-corrected chi connectivity index (χ0v) is 46.6. The summed E-state index contributed by atoms with van der Waals surface area (Å²) in [6, 6.07) is -0.840. The smallest absolute Gasteiger partial charge is 0.387 e. The topological polar surface area (TPSA) is 105 Å². The van der Waals surface area contributed by atoms with E-state index in [-0.39, 0.29) is 19.1 Å². The van der Waals surface area contributed by atoms with Crippen LogP contribution in [0.3, 0.4) is 0 Å². The highest BCUT2D eigenvalue weighted by molar-refractivity contribution is 7.47. The normalized spacial score (nSPS) is 14.0. The lowest BCUT2D eigenvalue weighted by Gasteiger charge is -2.25. The number of rotatable bonds is 55. The van der Waals surface area contributed by atoms with Gasteiger partial charge in [-0.1, -0.05) is 289 Å². The van der Waals surface area contributed by atoms with Gasteiger partial charge in [-0.2, -0.15) is 0 Å². The molecule has 3 N–H and O–H groups in total. The Morgan fingerprint density at radius 1 is 0.493 bits per heavy atom. The maximum Gasteiger partial charge on any atom is 0.472 e. The number of aliphatic hydroxyl groups is 1. The maximum atomic E-state index is 12.9. The van der Waals surface area contributed by atoms with Crippen molar-refractivity contribution in [3.8, 4) is 0 Å². The van der Waals surface area contributed by atoms with Crippen molar-refractivity contribution in [3.05, 3.63) is 12.2 Å². The highest BCUT2D eigenvalue weighted by Crippen LogP contribution is 2.43. The third-order valence-electron chi connectivity index (χ3n) is 13.8. The number of carbonyl (C=O) groups is 1. The number of aliphatic hydroxyl groups excluding tert-OH is 1. The van der Waals surface area contributed by atoms with Crippen molar-refractivity contribution < 1.29 is 32.9 Å². The van der Waals surface area contributed by atoms with Gasteiger partial charge in [-0.25, -0.2) is 4.57 Å². The number of amides is 1. The first-order chi connectivity index (χ1) is 32.5. The molecule has 9 heteroatoms. The maximum absolute atomic E-state index is 12.9. The van der Waals surface area contributed by atoms with Crippen molar-refractivity contribution >= 4 is 13.7 Å². The Morgan fingerprint density at radius 2 is 0.791 bits per heavy atom. The number of phosphoric acid groups is 1. The molecule has 400 valence electrons. The molecule has 0 saturated carbocycles. The molecule has 0 aromatic heterocycles. The Kier molecular flexibility index (Phi) is 49.6. The van der Waals surface area contributed by atoms with Crippen LogP contribution in [0.5, 0.6) is 0 Å². The first-order valence-electron chi connectivity index (χ1n) is 29.6. The van der Waals surface area contributed by atoms with E-state index in [1.54, 1.807) is 6.08 Å². The molecule has 3 atom stereocenters. The number of nitrogens with zero attached hydrogens (tertiary/aromatic N) is 1. The Hall–Kier alpha value is -0.760. The number of phosphoric ester groups is 1. The lowest BCUT2D eigenvalue weighted by atomic mass is 10.0. The van der Waals surface area contributed by atoms with Crippen LogP contribution in [-0.4, -0.2) is 73.4 Å². The van der Waals surface area contributed by atoms with Gasteiger partial charge < -0.3 is 19.8 Å². The molecule has 0 aliphatic carbocycles. The highest BCUT2D eigenvalue weighted by atomic mass is 31.2. The summed E-state index contributed by atoms with van der Waals surface area (Å²) in [6.07, 6.45) is 62.1. The van der Waals surface area contributed by atoms with E-state index < -0.39 is 20.0 Å². The van der Waals surface area contributed by atoms with E-state index in [1.807, 2.05) is 27.2 Å². The summed E-state index contributed by atoms with van der Waals surface area (Å²) in [4.78, 5) is 23.2. The van der Waals surface area contributed by atoms with Gasteiger partial charge in [-0.3, -0.25) is 13.8 Å². The predicted octanol–water partition coefficient (Wildman–Crippen LogP) is 17.8. The molecule has 0 aliphatic rings. The minimum Gasteiger partial charge on any atom is -0.387 e. The second-order valence-corrected chi connectivity index (χ2v) is 23.2. The average molecular weight is 971 g/mol. The molecule has 0 fully saturated rings. The van der Waals surface area contributed by atoms with E-state index in [0.717, 1.165) is 38.5 Å². The standard InChI is InChI=1S/C58H117N2O6P/c1-6-8-10-12-14-16-18-19-20-21-22-23-24-25-26-27-28-29-30-31-32-33-34-35-36-37-38-39-40-41-42-44-46-48-50-52-58(62)59-56(55-66-67(63,64)65-54-53-60(3,4)5)57(61)51-49-47-45-43-17-15-13-11-9-7-2/h49,51,56-57,61H,6-48,50,52-55H2,1-5H3,(H-,59,62,63,64)/p+1/b51-49+. The van der Waals surface area contributed by atoms with Crippen molar-refractivity contribution in [2.75, 3.05) is 40.9 Å². The summed E-state index contributed by atoms with van der Waals surface area (Å²) in [5, 5.41) is 13.8. The van der Waals surface area contributed by atoms with Gasteiger partial charge in [0.25, 0.3) is 0 Å². The number of nitrogens with one attached hydrogen (secondary N) is 1. The average Bonchev–Trinajstić information content (AvgIpc) is 3.29. The molecule has 0 aromatic rings. The molecule has 0 aliphatic heterocycles.